The predicted molar refractivity (Wildman–Crippen MR) is 103 cm³/mol. The summed E-state index contributed by atoms with van der Waals surface area (Å²) in [6, 6.07) is 17.0. The smallest absolute Gasteiger partial charge is 0.121 e. The summed E-state index contributed by atoms with van der Waals surface area (Å²) < 4.78 is 11.5. The lowest BCUT2D eigenvalue weighted by Crippen LogP contribution is -2.16. The molecule has 0 amide bonds. The van der Waals surface area contributed by atoms with E-state index in [1.807, 2.05) is 12.1 Å². The zero-order valence-corrected chi connectivity index (χ0v) is 15.5. The third kappa shape index (κ3) is 5.23. The van der Waals surface area contributed by atoms with Crippen molar-refractivity contribution in [2.75, 3.05) is 18.5 Å². The Morgan fingerprint density at radius 1 is 1.12 bits per heavy atom. The Kier molecular flexibility index (Phi) is 5.64. The zero-order chi connectivity index (χ0) is 17.7. The van der Waals surface area contributed by atoms with Gasteiger partial charge < -0.3 is 14.8 Å². The average molecular weight is 339 g/mol. The molecule has 3 nitrogen and oxygen atoms in total. The molecule has 1 unspecified atom stereocenters. The number of hydrogen-bond donors (Lipinski definition) is 1. The predicted octanol–water partition coefficient (Wildman–Crippen LogP) is 5.15. The van der Waals surface area contributed by atoms with Crippen molar-refractivity contribution in [1.29, 1.82) is 0 Å². The van der Waals surface area contributed by atoms with Crippen molar-refractivity contribution < 1.29 is 9.47 Å². The van der Waals surface area contributed by atoms with Crippen LogP contribution in [0.3, 0.4) is 0 Å². The van der Waals surface area contributed by atoms with Crippen LogP contribution in [0.5, 0.6) is 5.75 Å². The van der Waals surface area contributed by atoms with E-state index in [0.29, 0.717) is 6.61 Å². The van der Waals surface area contributed by atoms with Crippen molar-refractivity contribution >= 4 is 5.69 Å². The number of nitrogens with one attached hydrogen (secondary N) is 1. The maximum Gasteiger partial charge on any atom is 0.121 e. The average Bonchev–Trinajstić information content (AvgIpc) is 3.12. The van der Waals surface area contributed by atoms with E-state index in [2.05, 4.69) is 62.5 Å². The zero-order valence-electron chi connectivity index (χ0n) is 15.5. The third-order valence-corrected chi connectivity index (χ3v) is 4.61. The summed E-state index contributed by atoms with van der Waals surface area (Å²) in [7, 11) is 0. The summed E-state index contributed by atoms with van der Waals surface area (Å²) in [4.78, 5) is 0. The standard InChI is InChI=1S/C22H29NO2/c1-22(2,3)18-11-9-17(10-12-18)15-23-19-6-4-7-20(14-19)25-16-21-8-5-13-24-21/h4,6-7,9-12,14,21,23H,5,8,13,15-16H2,1-3H3. The first kappa shape index (κ1) is 17.8. The third-order valence-electron chi connectivity index (χ3n) is 4.61. The molecule has 134 valence electrons. The van der Waals surface area contributed by atoms with E-state index >= 15 is 0 Å². The topological polar surface area (TPSA) is 30.5 Å². The normalized spacial score (nSPS) is 17.5. The van der Waals surface area contributed by atoms with Gasteiger partial charge in [-0.3, -0.25) is 0 Å². The van der Waals surface area contributed by atoms with Gasteiger partial charge in [-0.2, -0.15) is 0 Å². The SMILES string of the molecule is CC(C)(C)c1ccc(CNc2cccc(OCC3CCCO3)c2)cc1. The highest BCUT2D eigenvalue weighted by Gasteiger charge is 2.16. The molecular formula is C22H29NO2. The minimum Gasteiger partial charge on any atom is -0.491 e. The molecule has 1 fully saturated rings. The lowest BCUT2D eigenvalue weighted by Gasteiger charge is -2.19. The largest absolute Gasteiger partial charge is 0.491 e. The van der Waals surface area contributed by atoms with Crippen molar-refractivity contribution in [3.05, 3.63) is 59.7 Å². The van der Waals surface area contributed by atoms with E-state index in [1.165, 1.54) is 11.1 Å². The summed E-state index contributed by atoms with van der Waals surface area (Å²) in [5.74, 6) is 0.892. The highest BCUT2D eigenvalue weighted by Crippen LogP contribution is 2.23. The van der Waals surface area contributed by atoms with Crippen LogP contribution < -0.4 is 10.1 Å². The van der Waals surface area contributed by atoms with Crippen LogP contribution in [0.2, 0.25) is 0 Å². The van der Waals surface area contributed by atoms with Crippen LogP contribution in [0.1, 0.15) is 44.7 Å². The van der Waals surface area contributed by atoms with Gasteiger partial charge in [0.15, 0.2) is 0 Å². The summed E-state index contributed by atoms with van der Waals surface area (Å²) in [5, 5.41) is 3.48. The summed E-state index contributed by atoms with van der Waals surface area (Å²) in [5.41, 5.74) is 3.91. The van der Waals surface area contributed by atoms with Gasteiger partial charge in [0.25, 0.3) is 0 Å². The number of ether oxygens (including phenoxy) is 2. The molecule has 0 radical (unpaired) electrons. The van der Waals surface area contributed by atoms with E-state index in [0.717, 1.165) is 37.4 Å². The molecular weight excluding hydrogens is 310 g/mol. The molecule has 0 aromatic heterocycles. The van der Waals surface area contributed by atoms with Gasteiger partial charge in [0, 0.05) is 24.9 Å². The van der Waals surface area contributed by atoms with Gasteiger partial charge in [0.2, 0.25) is 0 Å². The Labute approximate surface area is 151 Å². The quantitative estimate of drug-likeness (QED) is 0.789. The molecule has 0 aliphatic carbocycles. The van der Waals surface area contributed by atoms with Crippen molar-refractivity contribution in [2.24, 2.45) is 0 Å². The highest BCUT2D eigenvalue weighted by atomic mass is 16.5. The van der Waals surface area contributed by atoms with Crippen LogP contribution in [-0.2, 0) is 16.7 Å². The van der Waals surface area contributed by atoms with Gasteiger partial charge in [0.1, 0.15) is 12.4 Å². The molecule has 25 heavy (non-hydrogen) atoms. The number of hydrogen-bond acceptors (Lipinski definition) is 3. The second kappa shape index (κ2) is 7.92. The van der Waals surface area contributed by atoms with E-state index in [-0.39, 0.29) is 11.5 Å². The lowest BCUT2D eigenvalue weighted by atomic mass is 9.87. The van der Waals surface area contributed by atoms with Gasteiger partial charge in [0.05, 0.1) is 6.10 Å². The molecule has 0 spiro atoms. The van der Waals surface area contributed by atoms with Crippen LogP contribution in [-0.4, -0.2) is 19.3 Å². The summed E-state index contributed by atoms with van der Waals surface area (Å²) in [6.45, 7) is 9.02. The Balaban J connectivity index is 1.53. The Morgan fingerprint density at radius 2 is 1.92 bits per heavy atom. The first-order valence-corrected chi connectivity index (χ1v) is 9.18. The first-order chi connectivity index (χ1) is 12.0. The van der Waals surface area contributed by atoms with Gasteiger partial charge in [-0.25, -0.2) is 0 Å². The fourth-order valence-electron chi connectivity index (χ4n) is 2.99. The molecule has 3 rings (SSSR count). The van der Waals surface area contributed by atoms with Gasteiger partial charge in [-0.05, 0) is 41.5 Å². The van der Waals surface area contributed by atoms with Crippen molar-refractivity contribution in [3.8, 4) is 5.75 Å². The molecule has 3 heteroatoms. The first-order valence-electron chi connectivity index (χ1n) is 9.18. The van der Waals surface area contributed by atoms with Crippen LogP contribution in [0, 0.1) is 0 Å². The van der Waals surface area contributed by atoms with Gasteiger partial charge >= 0.3 is 0 Å². The van der Waals surface area contributed by atoms with E-state index < -0.39 is 0 Å². The maximum absolute atomic E-state index is 5.87. The monoisotopic (exact) mass is 339 g/mol. The van der Waals surface area contributed by atoms with Crippen LogP contribution in [0.15, 0.2) is 48.5 Å². The highest BCUT2D eigenvalue weighted by molar-refractivity contribution is 5.48. The van der Waals surface area contributed by atoms with Crippen LogP contribution >= 0.6 is 0 Å². The molecule has 0 saturated carbocycles. The lowest BCUT2D eigenvalue weighted by molar-refractivity contribution is 0.0680. The summed E-state index contributed by atoms with van der Waals surface area (Å²) in [6.07, 6.45) is 2.49. The molecule has 1 heterocycles. The number of rotatable bonds is 6. The van der Waals surface area contributed by atoms with Crippen LogP contribution in [0.4, 0.5) is 5.69 Å². The Hall–Kier alpha value is -2.00. The Bertz CT molecular complexity index is 667. The second-order valence-electron chi connectivity index (χ2n) is 7.77. The van der Waals surface area contributed by atoms with Crippen LogP contribution in [0.25, 0.3) is 0 Å². The molecule has 1 saturated heterocycles. The number of anilines is 1. The fraction of sp³-hybridized carbons (Fsp3) is 0.455. The molecule has 1 N–H and O–H groups in total. The number of benzene rings is 2. The summed E-state index contributed by atoms with van der Waals surface area (Å²) >= 11 is 0. The van der Waals surface area contributed by atoms with Crippen molar-refractivity contribution in [2.45, 2.75) is 51.7 Å². The second-order valence-corrected chi connectivity index (χ2v) is 7.77. The minimum absolute atomic E-state index is 0.195. The molecule has 1 aliphatic rings. The fourth-order valence-corrected chi connectivity index (χ4v) is 2.99. The Morgan fingerprint density at radius 3 is 2.60 bits per heavy atom. The minimum atomic E-state index is 0.195. The molecule has 2 aromatic carbocycles. The van der Waals surface area contributed by atoms with E-state index in [4.69, 9.17) is 9.47 Å². The van der Waals surface area contributed by atoms with Crippen molar-refractivity contribution in [3.63, 3.8) is 0 Å². The molecule has 0 bridgehead atoms. The van der Waals surface area contributed by atoms with Gasteiger partial charge in [-0.15, -0.1) is 0 Å². The maximum atomic E-state index is 5.87. The van der Waals surface area contributed by atoms with Gasteiger partial charge in [-0.1, -0.05) is 51.1 Å². The molecule has 2 aromatic rings. The van der Waals surface area contributed by atoms with E-state index in [9.17, 15) is 0 Å². The van der Waals surface area contributed by atoms with E-state index in [1.54, 1.807) is 0 Å². The van der Waals surface area contributed by atoms with Crippen molar-refractivity contribution in [1.82, 2.24) is 0 Å². The molecule has 1 atom stereocenters. The molecule has 1 aliphatic heterocycles.